The maximum atomic E-state index is 6.20. The van der Waals surface area contributed by atoms with Crippen LogP contribution in [0.4, 0.5) is 5.69 Å². The number of halogens is 2. The molecular weight excluding hydrogens is 410 g/mol. The Bertz CT molecular complexity index is 864. The van der Waals surface area contributed by atoms with Crippen LogP contribution < -0.4 is 10.1 Å². The second kappa shape index (κ2) is 9.11. The molecule has 4 heteroatoms. The van der Waals surface area contributed by atoms with Gasteiger partial charge < -0.3 is 10.1 Å². The van der Waals surface area contributed by atoms with E-state index in [1.807, 2.05) is 36.4 Å². The molecule has 26 heavy (non-hydrogen) atoms. The summed E-state index contributed by atoms with van der Waals surface area (Å²) in [5.41, 5.74) is 4.61. The fourth-order valence-electron chi connectivity index (χ4n) is 2.76. The van der Waals surface area contributed by atoms with Crippen LogP contribution in [-0.4, -0.2) is 0 Å². The minimum atomic E-state index is 0.521. The third-order valence-electron chi connectivity index (χ3n) is 4.20. The van der Waals surface area contributed by atoms with Crippen LogP contribution in [0.3, 0.4) is 0 Å². The SMILES string of the molecule is CCc1ccccc1NCc1cc(Cl)ccc1OCc1ccc(Br)cc1. The molecule has 0 bridgehead atoms. The Balaban J connectivity index is 1.72. The minimum Gasteiger partial charge on any atom is -0.489 e. The predicted molar refractivity (Wildman–Crippen MR) is 113 cm³/mol. The summed E-state index contributed by atoms with van der Waals surface area (Å²) in [5.74, 6) is 0.846. The summed E-state index contributed by atoms with van der Waals surface area (Å²) in [6.07, 6.45) is 0.992. The van der Waals surface area contributed by atoms with Gasteiger partial charge in [0.25, 0.3) is 0 Å². The zero-order valence-corrected chi connectivity index (χ0v) is 17.0. The highest BCUT2D eigenvalue weighted by Crippen LogP contribution is 2.26. The number of anilines is 1. The lowest BCUT2D eigenvalue weighted by Crippen LogP contribution is -2.05. The summed E-state index contributed by atoms with van der Waals surface area (Å²) in [6, 6.07) is 22.3. The van der Waals surface area contributed by atoms with Crippen molar-refractivity contribution in [2.75, 3.05) is 5.32 Å². The molecule has 3 aromatic carbocycles. The number of aryl methyl sites for hydroxylation is 1. The molecule has 0 aliphatic heterocycles. The van der Waals surface area contributed by atoms with E-state index < -0.39 is 0 Å². The quantitative estimate of drug-likeness (QED) is 0.442. The summed E-state index contributed by atoms with van der Waals surface area (Å²) < 4.78 is 7.11. The monoisotopic (exact) mass is 429 g/mol. The standard InChI is InChI=1S/C22H21BrClNO/c1-2-17-5-3-4-6-21(17)25-14-18-13-20(24)11-12-22(18)26-15-16-7-9-19(23)10-8-16/h3-13,25H,2,14-15H2,1H3. The molecule has 0 fully saturated rings. The second-order valence-corrected chi connectivity index (χ2v) is 7.38. The van der Waals surface area contributed by atoms with Gasteiger partial charge in [0.15, 0.2) is 0 Å². The summed E-state index contributed by atoms with van der Waals surface area (Å²) in [6.45, 7) is 3.34. The first-order valence-corrected chi connectivity index (χ1v) is 9.80. The first-order chi connectivity index (χ1) is 12.7. The van der Waals surface area contributed by atoms with Gasteiger partial charge in [-0.1, -0.05) is 64.8 Å². The lowest BCUT2D eigenvalue weighted by molar-refractivity contribution is 0.303. The van der Waals surface area contributed by atoms with Gasteiger partial charge in [-0.05, 0) is 53.9 Å². The van der Waals surface area contributed by atoms with Crippen molar-refractivity contribution in [2.24, 2.45) is 0 Å². The van der Waals surface area contributed by atoms with Crippen molar-refractivity contribution in [2.45, 2.75) is 26.5 Å². The van der Waals surface area contributed by atoms with Crippen molar-refractivity contribution in [3.63, 3.8) is 0 Å². The van der Waals surface area contributed by atoms with Crippen LogP contribution in [0.5, 0.6) is 5.75 Å². The summed E-state index contributed by atoms with van der Waals surface area (Å²) in [4.78, 5) is 0. The average molecular weight is 431 g/mol. The van der Waals surface area contributed by atoms with Crippen molar-refractivity contribution in [3.8, 4) is 5.75 Å². The van der Waals surface area contributed by atoms with E-state index in [1.54, 1.807) is 0 Å². The van der Waals surface area contributed by atoms with Crippen molar-refractivity contribution in [1.82, 2.24) is 0 Å². The van der Waals surface area contributed by atoms with Gasteiger partial charge in [0.2, 0.25) is 0 Å². The minimum absolute atomic E-state index is 0.521. The molecule has 0 aliphatic rings. The molecule has 1 N–H and O–H groups in total. The Morgan fingerprint density at radius 2 is 1.73 bits per heavy atom. The number of ether oxygens (including phenoxy) is 1. The molecule has 0 saturated heterocycles. The maximum Gasteiger partial charge on any atom is 0.124 e. The molecular formula is C22H21BrClNO. The molecule has 0 spiro atoms. The van der Waals surface area contributed by atoms with E-state index >= 15 is 0 Å². The van der Waals surface area contributed by atoms with Gasteiger partial charge in [-0.15, -0.1) is 0 Å². The Kier molecular flexibility index (Phi) is 6.59. The van der Waals surface area contributed by atoms with E-state index in [9.17, 15) is 0 Å². The molecule has 0 saturated carbocycles. The van der Waals surface area contributed by atoms with Gasteiger partial charge in [-0.3, -0.25) is 0 Å². The molecule has 2 nitrogen and oxygen atoms in total. The van der Waals surface area contributed by atoms with E-state index in [4.69, 9.17) is 16.3 Å². The van der Waals surface area contributed by atoms with Gasteiger partial charge in [0.05, 0.1) is 0 Å². The second-order valence-electron chi connectivity index (χ2n) is 6.03. The third kappa shape index (κ3) is 5.03. The molecule has 0 unspecified atom stereocenters. The van der Waals surface area contributed by atoms with Crippen LogP contribution in [0.1, 0.15) is 23.6 Å². The van der Waals surface area contributed by atoms with E-state index in [1.165, 1.54) is 5.56 Å². The highest BCUT2D eigenvalue weighted by atomic mass is 79.9. The molecule has 0 aromatic heterocycles. The van der Waals surface area contributed by atoms with Gasteiger partial charge in [-0.2, -0.15) is 0 Å². The van der Waals surface area contributed by atoms with Crippen LogP contribution in [0.2, 0.25) is 5.02 Å². The largest absolute Gasteiger partial charge is 0.489 e. The highest BCUT2D eigenvalue weighted by molar-refractivity contribution is 9.10. The Morgan fingerprint density at radius 1 is 0.962 bits per heavy atom. The Morgan fingerprint density at radius 3 is 2.50 bits per heavy atom. The van der Waals surface area contributed by atoms with E-state index in [0.717, 1.165) is 33.5 Å². The van der Waals surface area contributed by atoms with Crippen LogP contribution in [-0.2, 0) is 19.6 Å². The number of benzene rings is 3. The number of hydrogen-bond acceptors (Lipinski definition) is 2. The third-order valence-corrected chi connectivity index (χ3v) is 4.96. The van der Waals surface area contributed by atoms with Crippen LogP contribution >= 0.6 is 27.5 Å². The van der Waals surface area contributed by atoms with Crippen LogP contribution in [0.25, 0.3) is 0 Å². The average Bonchev–Trinajstić information content (AvgIpc) is 2.67. The fraction of sp³-hybridized carbons (Fsp3) is 0.182. The van der Waals surface area contributed by atoms with Crippen molar-refractivity contribution in [1.29, 1.82) is 0 Å². The molecule has 3 rings (SSSR count). The van der Waals surface area contributed by atoms with Crippen LogP contribution in [0.15, 0.2) is 71.2 Å². The predicted octanol–water partition coefficient (Wildman–Crippen LogP) is 6.86. The molecule has 0 amide bonds. The first-order valence-electron chi connectivity index (χ1n) is 8.63. The van der Waals surface area contributed by atoms with Gasteiger partial charge in [0, 0.05) is 27.3 Å². The van der Waals surface area contributed by atoms with Crippen molar-refractivity contribution >= 4 is 33.2 Å². The highest BCUT2D eigenvalue weighted by Gasteiger charge is 2.07. The number of rotatable bonds is 7. The molecule has 3 aromatic rings. The van der Waals surface area contributed by atoms with Crippen LogP contribution in [0, 0.1) is 0 Å². The van der Waals surface area contributed by atoms with Gasteiger partial charge in [-0.25, -0.2) is 0 Å². The number of nitrogens with one attached hydrogen (secondary N) is 1. The summed E-state index contributed by atoms with van der Waals surface area (Å²) in [7, 11) is 0. The van der Waals surface area contributed by atoms with E-state index in [2.05, 4.69) is 58.5 Å². The lowest BCUT2D eigenvalue weighted by Gasteiger charge is -2.15. The Hall–Kier alpha value is -1.97. The van der Waals surface area contributed by atoms with E-state index in [-0.39, 0.29) is 0 Å². The fourth-order valence-corrected chi connectivity index (χ4v) is 3.22. The molecule has 0 atom stereocenters. The summed E-state index contributed by atoms with van der Waals surface area (Å²) >= 11 is 9.65. The number of hydrogen-bond donors (Lipinski definition) is 1. The normalized spacial score (nSPS) is 10.6. The first kappa shape index (κ1) is 18.8. The molecule has 0 heterocycles. The Labute approximate surface area is 168 Å². The molecule has 0 radical (unpaired) electrons. The summed E-state index contributed by atoms with van der Waals surface area (Å²) in [5, 5.41) is 4.22. The molecule has 134 valence electrons. The zero-order chi connectivity index (χ0) is 18.4. The molecule has 0 aliphatic carbocycles. The van der Waals surface area contributed by atoms with Crippen molar-refractivity contribution in [3.05, 3.63) is 92.9 Å². The van der Waals surface area contributed by atoms with Crippen molar-refractivity contribution < 1.29 is 4.74 Å². The smallest absolute Gasteiger partial charge is 0.124 e. The van der Waals surface area contributed by atoms with Gasteiger partial charge >= 0.3 is 0 Å². The van der Waals surface area contributed by atoms with Gasteiger partial charge in [0.1, 0.15) is 12.4 Å². The zero-order valence-electron chi connectivity index (χ0n) is 14.6. The van der Waals surface area contributed by atoms with E-state index in [0.29, 0.717) is 18.2 Å². The maximum absolute atomic E-state index is 6.20. The lowest BCUT2D eigenvalue weighted by atomic mass is 10.1. The number of para-hydroxylation sites is 1. The topological polar surface area (TPSA) is 21.3 Å².